The van der Waals surface area contributed by atoms with E-state index < -0.39 is 0 Å². The van der Waals surface area contributed by atoms with Gasteiger partial charge in [0.15, 0.2) is 0 Å². The molecule has 15 heavy (non-hydrogen) atoms. The Balaban J connectivity index is 0.000000921. The molecule has 1 rings (SSSR count). The van der Waals surface area contributed by atoms with Gasteiger partial charge in [-0.3, -0.25) is 0 Å². The van der Waals surface area contributed by atoms with Crippen molar-refractivity contribution in [2.75, 3.05) is 6.61 Å². The van der Waals surface area contributed by atoms with Crippen molar-refractivity contribution >= 4 is 0 Å². The second-order valence-electron chi connectivity index (χ2n) is 3.46. The van der Waals surface area contributed by atoms with Crippen LogP contribution in [-0.4, -0.2) is 6.61 Å². The van der Waals surface area contributed by atoms with E-state index in [2.05, 4.69) is 13.8 Å². The van der Waals surface area contributed by atoms with Crippen molar-refractivity contribution in [2.45, 2.75) is 40.5 Å². The van der Waals surface area contributed by atoms with E-state index in [0.717, 1.165) is 24.7 Å². The van der Waals surface area contributed by atoms with Crippen LogP contribution in [0, 0.1) is 5.92 Å². The third-order valence-electron chi connectivity index (χ3n) is 2.32. The first-order chi connectivity index (χ1) is 7.33. The molecule has 0 aromatic heterocycles. The molecule has 0 fully saturated rings. The first-order valence-electron chi connectivity index (χ1n) is 6.00. The predicted molar refractivity (Wildman–Crippen MR) is 67.4 cm³/mol. The zero-order valence-corrected chi connectivity index (χ0v) is 10.5. The number of benzene rings is 1. The van der Waals surface area contributed by atoms with Gasteiger partial charge in [0.25, 0.3) is 0 Å². The highest BCUT2D eigenvalue weighted by atomic mass is 16.5. The van der Waals surface area contributed by atoms with Gasteiger partial charge in [-0.25, -0.2) is 0 Å². The molecule has 1 heteroatoms. The highest BCUT2D eigenvalue weighted by molar-refractivity contribution is 5.20. The fourth-order valence-corrected chi connectivity index (χ4v) is 1.10. The third-order valence-corrected chi connectivity index (χ3v) is 2.32. The Morgan fingerprint density at radius 2 is 1.73 bits per heavy atom. The Bertz CT molecular complexity index is 218. The maximum atomic E-state index is 5.58. The van der Waals surface area contributed by atoms with Crippen molar-refractivity contribution in [1.29, 1.82) is 0 Å². The number of hydrogen-bond donors (Lipinski definition) is 0. The molecule has 0 saturated carbocycles. The third kappa shape index (κ3) is 7.01. The molecule has 1 atom stereocenters. The van der Waals surface area contributed by atoms with Crippen LogP contribution in [0.1, 0.15) is 40.5 Å². The lowest BCUT2D eigenvalue weighted by Crippen LogP contribution is -2.02. The van der Waals surface area contributed by atoms with E-state index in [4.69, 9.17) is 4.74 Å². The predicted octanol–water partition coefficient (Wildman–Crippen LogP) is 4.53. The minimum atomic E-state index is 0.767. The van der Waals surface area contributed by atoms with Crippen molar-refractivity contribution in [3.63, 3.8) is 0 Å². The normalized spacial score (nSPS) is 11.2. The second-order valence-corrected chi connectivity index (χ2v) is 3.46. The molecule has 0 spiro atoms. The average molecular weight is 208 g/mol. The van der Waals surface area contributed by atoms with Crippen LogP contribution in [0.15, 0.2) is 30.3 Å². The smallest absolute Gasteiger partial charge is 0.119 e. The number of para-hydroxylation sites is 1. The highest BCUT2D eigenvalue weighted by Crippen LogP contribution is 2.11. The lowest BCUT2D eigenvalue weighted by molar-refractivity contribution is 0.281. The fraction of sp³-hybridized carbons (Fsp3) is 0.571. The molecule has 1 unspecified atom stereocenters. The topological polar surface area (TPSA) is 9.23 Å². The molecule has 0 amide bonds. The monoisotopic (exact) mass is 208 g/mol. The van der Waals surface area contributed by atoms with E-state index in [0.29, 0.717) is 0 Å². The molecule has 0 aliphatic carbocycles. The maximum absolute atomic E-state index is 5.58. The minimum absolute atomic E-state index is 0.767. The largest absolute Gasteiger partial charge is 0.494 e. The summed E-state index contributed by atoms with van der Waals surface area (Å²) in [5, 5.41) is 0. The van der Waals surface area contributed by atoms with E-state index in [9.17, 15) is 0 Å². The van der Waals surface area contributed by atoms with Crippen LogP contribution < -0.4 is 4.74 Å². The van der Waals surface area contributed by atoms with Gasteiger partial charge in [0.2, 0.25) is 0 Å². The zero-order valence-electron chi connectivity index (χ0n) is 10.5. The molecule has 0 aliphatic heterocycles. The first kappa shape index (κ1) is 14.0. The maximum Gasteiger partial charge on any atom is 0.119 e. The minimum Gasteiger partial charge on any atom is -0.494 e. The molecule has 86 valence electrons. The Labute approximate surface area is 94.5 Å². The molecule has 0 N–H and O–H groups in total. The van der Waals surface area contributed by atoms with Crippen molar-refractivity contribution < 1.29 is 4.74 Å². The van der Waals surface area contributed by atoms with E-state index in [1.807, 2.05) is 44.2 Å². The molecular formula is C14H24O. The highest BCUT2D eigenvalue weighted by Gasteiger charge is 1.98. The van der Waals surface area contributed by atoms with Crippen LogP contribution in [0.4, 0.5) is 0 Å². The fourth-order valence-electron chi connectivity index (χ4n) is 1.10. The van der Waals surface area contributed by atoms with Gasteiger partial charge in [0.05, 0.1) is 6.61 Å². The summed E-state index contributed by atoms with van der Waals surface area (Å²) < 4.78 is 5.58. The summed E-state index contributed by atoms with van der Waals surface area (Å²) in [7, 11) is 0. The van der Waals surface area contributed by atoms with Gasteiger partial charge in [-0.05, 0) is 24.5 Å². The number of ether oxygens (including phenoxy) is 1. The lowest BCUT2D eigenvalue weighted by atomic mass is 10.1. The van der Waals surface area contributed by atoms with Crippen molar-refractivity contribution in [2.24, 2.45) is 5.92 Å². The van der Waals surface area contributed by atoms with Gasteiger partial charge < -0.3 is 4.74 Å². The SMILES string of the molecule is CC.CCC(C)CCOc1ccccc1. The van der Waals surface area contributed by atoms with Crippen molar-refractivity contribution in [3.8, 4) is 5.75 Å². The van der Waals surface area contributed by atoms with Gasteiger partial charge in [0, 0.05) is 0 Å². The van der Waals surface area contributed by atoms with E-state index >= 15 is 0 Å². The van der Waals surface area contributed by atoms with Gasteiger partial charge in [0.1, 0.15) is 5.75 Å². The lowest BCUT2D eigenvalue weighted by Gasteiger charge is -2.09. The zero-order chi connectivity index (χ0) is 11.5. The van der Waals surface area contributed by atoms with Crippen LogP contribution in [0.25, 0.3) is 0 Å². The van der Waals surface area contributed by atoms with E-state index in [1.165, 1.54) is 6.42 Å². The molecule has 1 nitrogen and oxygen atoms in total. The standard InChI is InChI=1S/C12H18O.C2H6/c1-3-11(2)9-10-13-12-7-5-4-6-8-12;1-2/h4-8,11H,3,9-10H2,1-2H3;1-2H3. The summed E-state index contributed by atoms with van der Waals surface area (Å²) in [5.41, 5.74) is 0. The second kappa shape index (κ2) is 9.57. The van der Waals surface area contributed by atoms with Gasteiger partial charge in [-0.15, -0.1) is 0 Å². The van der Waals surface area contributed by atoms with Crippen LogP contribution in [-0.2, 0) is 0 Å². The quantitative estimate of drug-likeness (QED) is 0.691. The molecule has 0 bridgehead atoms. The Hall–Kier alpha value is -0.980. The van der Waals surface area contributed by atoms with Gasteiger partial charge >= 0.3 is 0 Å². The Morgan fingerprint density at radius 3 is 2.27 bits per heavy atom. The van der Waals surface area contributed by atoms with Crippen LogP contribution >= 0.6 is 0 Å². The van der Waals surface area contributed by atoms with Crippen molar-refractivity contribution in [1.82, 2.24) is 0 Å². The number of hydrogen-bond acceptors (Lipinski definition) is 1. The summed E-state index contributed by atoms with van der Waals surface area (Å²) in [5.74, 6) is 1.74. The average Bonchev–Trinajstić information content (AvgIpc) is 2.33. The molecule has 0 aliphatic rings. The van der Waals surface area contributed by atoms with Crippen LogP contribution in [0.3, 0.4) is 0 Å². The summed E-state index contributed by atoms with van der Waals surface area (Å²) >= 11 is 0. The van der Waals surface area contributed by atoms with Gasteiger partial charge in [-0.2, -0.15) is 0 Å². The molecule has 1 aromatic carbocycles. The molecule has 0 radical (unpaired) electrons. The number of rotatable bonds is 5. The van der Waals surface area contributed by atoms with E-state index in [-0.39, 0.29) is 0 Å². The summed E-state index contributed by atoms with van der Waals surface area (Å²) in [6.45, 7) is 9.31. The molecular weight excluding hydrogens is 184 g/mol. The van der Waals surface area contributed by atoms with Crippen LogP contribution in [0.5, 0.6) is 5.75 Å². The Morgan fingerprint density at radius 1 is 1.13 bits per heavy atom. The molecule has 0 saturated heterocycles. The summed E-state index contributed by atoms with van der Waals surface area (Å²) in [6, 6.07) is 9.99. The van der Waals surface area contributed by atoms with Crippen molar-refractivity contribution in [3.05, 3.63) is 30.3 Å². The summed E-state index contributed by atoms with van der Waals surface area (Å²) in [4.78, 5) is 0. The van der Waals surface area contributed by atoms with Crippen LogP contribution in [0.2, 0.25) is 0 Å². The van der Waals surface area contributed by atoms with E-state index in [1.54, 1.807) is 0 Å². The van der Waals surface area contributed by atoms with Gasteiger partial charge in [-0.1, -0.05) is 52.3 Å². The Kier molecular flexibility index (Phi) is 8.95. The first-order valence-corrected chi connectivity index (χ1v) is 6.00. The molecule has 0 heterocycles. The molecule has 1 aromatic rings. The summed E-state index contributed by atoms with van der Waals surface area (Å²) in [6.07, 6.45) is 2.38.